The average Bonchev–Trinajstić information content (AvgIpc) is 3.08. The third-order valence-corrected chi connectivity index (χ3v) is 4.75. The van der Waals surface area contributed by atoms with Gasteiger partial charge in [-0.1, -0.05) is 32.0 Å². The standard InChI is InChI=1S/C22H36N4O2.HI/c1-4-23-22(24-13-8-15-26-14-7-11-21(26)27)25-17-19-9-5-6-10-20(19)28-16-12-18(2)3;/h5-6,9-10,18H,4,7-8,11-17H2,1-3H3,(H2,23,24,25);1H. The van der Waals surface area contributed by atoms with Crippen molar-refractivity contribution in [2.45, 2.75) is 53.0 Å². The smallest absolute Gasteiger partial charge is 0.222 e. The molecular formula is C22H37IN4O2. The Morgan fingerprint density at radius 3 is 2.76 bits per heavy atom. The molecular weight excluding hydrogens is 479 g/mol. The molecule has 1 saturated heterocycles. The van der Waals surface area contributed by atoms with Crippen LogP contribution in [0.4, 0.5) is 0 Å². The molecule has 2 N–H and O–H groups in total. The fraction of sp³-hybridized carbons (Fsp3) is 0.636. The Kier molecular flexibility index (Phi) is 12.7. The fourth-order valence-electron chi connectivity index (χ4n) is 3.10. The van der Waals surface area contributed by atoms with Crippen LogP contribution in [0.5, 0.6) is 5.75 Å². The lowest BCUT2D eigenvalue weighted by Crippen LogP contribution is -2.39. The van der Waals surface area contributed by atoms with Crippen LogP contribution in [0, 0.1) is 5.92 Å². The number of rotatable bonds is 11. The molecule has 6 nitrogen and oxygen atoms in total. The van der Waals surface area contributed by atoms with Crippen LogP contribution in [-0.2, 0) is 11.3 Å². The summed E-state index contributed by atoms with van der Waals surface area (Å²) >= 11 is 0. The third-order valence-electron chi connectivity index (χ3n) is 4.75. The molecule has 164 valence electrons. The second-order valence-corrected chi connectivity index (χ2v) is 7.60. The number of ether oxygens (including phenoxy) is 1. The number of guanidine groups is 1. The molecule has 0 radical (unpaired) electrons. The summed E-state index contributed by atoms with van der Waals surface area (Å²) in [5, 5.41) is 6.65. The van der Waals surface area contributed by atoms with Gasteiger partial charge in [-0.25, -0.2) is 4.99 Å². The van der Waals surface area contributed by atoms with Crippen molar-refractivity contribution in [3.05, 3.63) is 29.8 Å². The molecule has 1 aliphatic heterocycles. The zero-order chi connectivity index (χ0) is 20.2. The van der Waals surface area contributed by atoms with Crippen molar-refractivity contribution in [3.8, 4) is 5.75 Å². The van der Waals surface area contributed by atoms with Gasteiger partial charge in [-0.2, -0.15) is 0 Å². The largest absolute Gasteiger partial charge is 0.493 e. The summed E-state index contributed by atoms with van der Waals surface area (Å²) in [7, 11) is 0. The number of carbonyl (C=O) groups excluding carboxylic acids is 1. The number of amides is 1. The van der Waals surface area contributed by atoms with Gasteiger partial charge >= 0.3 is 0 Å². The molecule has 1 aromatic carbocycles. The van der Waals surface area contributed by atoms with E-state index in [4.69, 9.17) is 9.73 Å². The van der Waals surface area contributed by atoms with Gasteiger partial charge < -0.3 is 20.3 Å². The minimum atomic E-state index is 0. The Balaban J connectivity index is 0.00000420. The quantitative estimate of drug-likeness (QED) is 0.203. The first-order chi connectivity index (χ1) is 13.6. The minimum Gasteiger partial charge on any atom is -0.493 e. The first kappa shape index (κ1) is 25.5. The average molecular weight is 516 g/mol. The van der Waals surface area contributed by atoms with Crippen LogP contribution < -0.4 is 15.4 Å². The van der Waals surface area contributed by atoms with Gasteiger partial charge in [-0.3, -0.25) is 4.79 Å². The second-order valence-electron chi connectivity index (χ2n) is 7.60. The minimum absolute atomic E-state index is 0. The Morgan fingerprint density at radius 1 is 1.28 bits per heavy atom. The highest BCUT2D eigenvalue weighted by molar-refractivity contribution is 14.0. The van der Waals surface area contributed by atoms with Crippen molar-refractivity contribution in [2.24, 2.45) is 10.9 Å². The van der Waals surface area contributed by atoms with E-state index in [0.717, 1.165) is 69.3 Å². The summed E-state index contributed by atoms with van der Waals surface area (Å²) in [4.78, 5) is 18.3. The summed E-state index contributed by atoms with van der Waals surface area (Å²) in [5.41, 5.74) is 1.09. The van der Waals surface area contributed by atoms with Gasteiger partial charge in [0.05, 0.1) is 13.2 Å². The Bertz CT molecular complexity index is 637. The number of halogens is 1. The van der Waals surface area contributed by atoms with Crippen molar-refractivity contribution >= 4 is 35.8 Å². The number of carbonyl (C=O) groups is 1. The molecule has 1 aromatic rings. The first-order valence-corrected chi connectivity index (χ1v) is 10.6. The predicted octanol–water partition coefficient (Wildman–Crippen LogP) is 3.80. The molecule has 29 heavy (non-hydrogen) atoms. The van der Waals surface area contributed by atoms with E-state index in [1.54, 1.807) is 0 Å². The summed E-state index contributed by atoms with van der Waals surface area (Å²) < 4.78 is 5.96. The maximum absolute atomic E-state index is 11.7. The van der Waals surface area contributed by atoms with Gasteiger partial charge in [-0.15, -0.1) is 24.0 Å². The highest BCUT2D eigenvalue weighted by Crippen LogP contribution is 2.19. The molecule has 0 spiro atoms. The van der Waals surface area contributed by atoms with E-state index in [-0.39, 0.29) is 29.9 Å². The first-order valence-electron chi connectivity index (χ1n) is 10.6. The van der Waals surface area contributed by atoms with Gasteiger partial charge in [0, 0.05) is 38.2 Å². The van der Waals surface area contributed by atoms with E-state index in [0.29, 0.717) is 18.9 Å². The normalized spacial score (nSPS) is 14.1. The van der Waals surface area contributed by atoms with E-state index in [2.05, 4.69) is 37.5 Å². The van der Waals surface area contributed by atoms with Crippen LogP contribution >= 0.6 is 24.0 Å². The lowest BCUT2D eigenvalue weighted by atomic mass is 10.1. The molecule has 1 aliphatic rings. The zero-order valence-electron chi connectivity index (χ0n) is 18.1. The van der Waals surface area contributed by atoms with E-state index >= 15 is 0 Å². The molecule has 0 bridgehead atoms. The molecule has 1 heterocycles. The van der Waals surface area contributed by atoms with Crippen LogP contribution in [-0.4, -0.2) is 49.6 Å². The van der Waals surface area contributed by atoms with Gasteiger partial charge in [0.25, 0.3) is 0 Å². The van der Waals surface area contributed by atoms with E-state index in [1.807, 2.05) is 23.1 Å². The van der Waals surface area contributed by atoms with E-state index in [1.165, 1.54) is 0 Å². The number of hydrogen-bond acceptors (Lipinski definition) is 3. The Hall–Kier alpha value is -1.51. The molecule has 0 unspecified atom stereocenters. The Morgan fingerprint density at radius 2 is 2.07 bits per heavy atom. The maximum atomic E-state index is 11.7. The fourth-order valence-corrected chi connectivity index (χ4v) is 3.10. The van der Waals surface area contributed by atoms with Crippen LogP contribution in [0.1, 0.15) is 52.0 Å². The van der Waals surface area contributed by atoms with Gasteiger partial charge in [0.1, 0.15) is 5.75 Å². The summed E-state index contributed by atoms with van der Waals surface area (Å²) in [6, 6.07) is 8.10. The van der Waals surface area contributed by atoms with Gasteiger partial charge in [0.15, 0.2) is 5.96 Å². The van der Waals surface area contributed by atoms with Crippen LogP contribution in [0.3, 0.4) is 0 Å². The van der Waals surface area contributed by atoms with E-state index < -0.39 is 0 Å². The van der Waals surface area contributed by atoms with Gasteiger partial charge in [0.2, 0.25) is 5.91 Å². The van der Waals surface area contributed by atoms with Crippen molar-refractivity contribution in [1.82, 2.24) is 15.5 Å². The Labute approximate surface area is 192 Å². The third kappa shape index (κ3) is 9.69. The summed E-state index contributed by atoms with van der Waals surface area (Å²) in [5.74, 6) is 2.63. The molecule has 1 amide bonds. The van der Waals surface area contributed by atoms with Crippen molar-refractivity contribution in [2.75, 3.05) is 32.8 Å². The highest BCUT2D eigenvalue weighted by Gasteiger charge is 2.18. The number of aliphatic imine (C=N–C) groups is 1. The SMILES string of the molecule is CCNC(=NCc1ccccc1OCCC(C)C)NCCCN1CCCC1=O.I. The molecule has 1 fully saturated rings. The van der Waals surface area contributed by atoms with Crippen molar-refractivity contribution in [3.63, 3.8) is 0 Å². The summed E-state index contributed by atoms with van der Waals surface area (Å²) in [6.45, 7) is 11.1. The lowest BCUT2D eigenvalue weighted by molar-refractivity contribution is -0.127. The monoisotopic (exact) mass is 516 g/mol. The molecule has 0 saturated carbocycles. The number of hydrogen-bond donors (Lipinski definition) is 2. The predicted molar refractivity (Wildman–Crippen MR) is 130 cm³/mol. The molecule has 0 aliphatic carbocycles. The van der Waals surface area contributed by atoms with Crippen molar-refractivity contribution < 1.29 is 9.53 Å². The highest BCUT2D eigenvalue weighted by atomic mass is 127. The molecule has 0 atom stereocenters. The number of nitrogens with zero attached hydrogens (tertiary/aromatic N) is 2. The lowest BCUT2D eigenvalue weighted by Gasteiger charge is -2.16. The van der Waals surface area contributed by atoms with Crippen LogP contribution in [0.2, 0.25) is 0 Å². The number of para-hydroxylation sites is 1. The van der Waals surface area contributed by atoms with Crippen LogP contribution in [0.15, 0.2) is 29.3 Å². The molecule has 7 heteroatoms. The molecule has 2 rings (SSSR count). The topological polar surface area (TPSA) is 66.0 Å². The number of likely N-dealkylation sites (tertiary alicyclic amines) is 1. The van der Waals surface area contributed by atoms with Crippen LogP contribution in [0.25, 0.3) is 0 Å². The van der Waals surface area contributed by atoms with E-state index in [9.17, 15) is 4.79 Å². The second kappa shape index (κ2) is 14.5. The zero-order valence-corrected chi connectivity index (χ0v) is 20.4. The molecule has 0 aromatic heterocycles. The van der Waals surface area contributed by atoms with Gasteiger partial charge in [-0.05, 0) is 38.2 Å². The number of nitrogens with one attached hydrogen (secondary N) is 2. The maximum Gasteiger partial charge on any atom is 0.222 e. The summed E-state index contributed by atoms with van der Waals surface area (Å²) in [6.07, 6.45) is 3.66. The van der Waals surface area contributed by atoms with Crippen molar-refractivity contribution in [1.29, 1.82) is 0 Å². The number of benzene rings is 1.